The number of rotatable bonds is 4. The first-order chi connectivity index (χ1) is 13.7. The third kappa shape index (κ3) is 3.80. The van der Waals surface area contributed by atoms with Gasteiger partial charge in [-0.05, 0) is 12.1 Å². The van der Waals surface area contributed by atoms with E-state index in [-0.39, 0.29) is 6.61 Å². The van der Waals surface area contributed by atoms with Crippen LogP contribution in [0.3, 0.4) is 0 Å². The van der Waals surface area contributed by atoms with Gasteiger partial charge < -0.3 is 28.8 Å². The van der Waals surface area contributed by atoms with Gasteiger partial charge in [-0.3, -0.25) is 0 Å². The van der Waals surface area contributed by atoms with Crippen LogP contribution < -0.4 is 0 Å². The molecule has 2 aromatic rings. The number of carbonyl (C=O) groups is 1. The number of hydrogen-bond acceptors (Lipinski definition) is 7. The lowest BCUT2D eigenvalue weighted by Crippen LogP contribution is -2.63. The molecule has 0 saturated carbocycles. The predicted molar refractivity (Wildman–Crippen MR) is 97.3 cm³/mol. The van der Waals surface area contributed by atoms with Gasteiger partial charge in [-0.2, -0.15) is 0 Å². The van der Waals surface area contributed by atoms with Crippen molar-refractivity contribution in [2.45, 2.75) is 37.0 Å². The summed E-state index contributed by atoms with van der Waals surface area (Å²) in [5.41, 5.74) is 1.21. The molecule has 7 heteroatoms. The van der Waals surface area contributed by atoms with E-state index in [0.717, 1.165) is 5.56 Å². The maximum absolute atomic E-state index is 12.5. The molecule has 1 N–H and O–H groups in total. The maximum Gasteiger partial charge on any atom is 0.338 e. The molecule has 0 bridgehead atoms. The van der Waals surface area contributed by atoms with Crippen molar-refractivity contribution < 1.29 is 33.6 Å². The first-order valence-electron chi connectivity index (χ1n) is 9.11. The Morgan fingerprint density at radius 1 is 1.04 bits per heavy atom. The molecule has 0 radical (unpaired) electrons. The van der Waals surface area contributed by atoms with E-state index in [0.29, 0.717) is 5.56 Å². The fourth-order valence-corrected chi connectivity index (χ4v) is 3.43. The molecule has 28 heavy (non-hydrogen) atoms. The number of ether oxygens (including phenoxy) is 5. The number of benzene rings is 2. The Morgan fingerprint density at radius 3 is 2.39 bits per heavy atom. The Kier molecular flexibility index (Phi) is 5.70. The summed E-state index contributed by atoms with van der Waals surface area (Å²) in [7, 11) is 1.43. The third-order valence-electron chi connectivity index (χ3n) is 4.87. The molecule has 0 aromatic heterocycles. The average Bonchev–Trinajstić information content (AvgIpc) is 2.76. The monoisotopic (exact) mass is 386 g/mol. The van der Waals surface area contributed by atoms with Gasteiger partial charge in [0.15, 0.2) is 18.7 Å². The Bertz CT molecular complexity index is 782. The van der Waals surface area contributed by atoms with Crippen LogP contribution in [0.25, 0.3) is 0 Å². The van der Waals surface area contributed by atoms with Crippen molar-refractivity contribution in [3.63, 3.8) is 0 Å². The van der Waals surface area contributed by atoms with Crippen molar-refractivity contribution >= 4 is 5.97 Å². The molecule has 0 amide bonds. The molecule has 2 aromatic carbocycles. The number of aliphatic hydroxyl groups is 1. The highest BCUT2D eigenvalue weighted by molar-refractivity contribution is 5.89. The molecule has 2 fully saturated rings. The zero-order valence-electron chi connectivity index (χ0n) is 15.3. The lowest BCUT2D eigenvalue weighted by atomic mass is 9.97. The minimum atomic E-state index is -1.13. The number of esters is 1. The van der Waals surface area contributed by atoms with Crippen LogP contribution in [0.4, 0.5) is 0 Å². The SMILES string of the molecule is CO[C@H]1O[C@@H]2COC(c3ccccc3)O[C@H]2[C@@H](O)[C@H]1OC(=O)c1ccccc1. The van der Waals surface area contributed by atoms with Gasteiger partial charge in [0, 0.05) is 12.7 Å². The first kappa shape index (κ1) is 19.0. The Balaban J connectivity index is 1.50. The molecule has 2 heterocycles. The van der Waals surface area contributed by atoms with Gasteiger partial charge >= 0.3 is 5.97 Å². The Labute approximate surface area is 162 Å². The number of methoxy groups -OCH3 is 1. The summed E-state index contributed by atoms with van der Waals surface area (Å²) < 4.78 is 28.4. The second kappa shape index (κ2) is 8.38. The molecule has 4 rings (SSSR count). The summed E-state index contributed by atoms with van der Waals surface area (Å²) in [6.07, 6.45) is -4.99. The molecular weight excluding hydrogens is 364 g/mol. The quantitative estimate of drug-likeness (QED) is 0.806. The number of hydrogen-bond donors (Lipinski definition) is 1. The summed E-state index contributed by atoms with van der Waals surface area (Å²) in [4.78, 5) is 12.5. The molecule has 1 unspecified atom stereocenters. The lowest BCUT2D eigenvalue weighted by Gasteiger charge is -2.46. The highest BCUT2D eigenvalue weighted by Crippen LogP contribution is 2.35. The fourth-order valence-electron chi connectivity index (χ4n) is 3.43. The van der Waals surface area contributed by atoms with Crippen molar-refractivity contribution in [3.05, 3.63) is 71.8 Å². The third-order valence-corrected chi connectivity index (χ3v) is 4.87. The van der Waals surface area contributed by atoms with E-state index in [9.17, 15) is 9.90 Å². The molecule has 2 saturated heterocycles. The molecule has 0 spiro atoms. The van der Waals surface area contributed by atoms with Crippen LogP contribution in [0, 0.1) is 0 Å². The van der Waals surface area contributed by atoms with Crippen LogP contribution in [0.15, 0.2) is 60.7 Å². The number of carbonyl (C=O) groups excluding carboxylic acids is 1. The van der Waals surface area contributed by atoms with E-state index in [1.54, 1.807) is 30.3 Å². The van der Waals surface area contributed by atoms with Crippen LogP contribution in [-0.4, -0.2) is 55.5 Å². The maximum atomic E-state index is 12.5. The topological polar surface area (TPSA) is 83.5 Å². The smallest absolute Gasteiger partial charge is 0.338 e. The predicted octanol–water partition coefficient (Wildman–Crippen LogP) is 2.06. The Hall–Kier alpha value is -2.29. The highest BCUT2D eigenvalue weighted by atomic mass is 16.8. The van der Waals surface area contributed by atoms with Crippen LogP contribution in [-0.2, 0) is 23.7 Å². The molecule has 0 aliphatic carbocycles. The lowest BCUT2D eigenvalue weighted by molar-refractivity contribution is -0.357. The van der Waals surface area contributed by atoms with Crippen molar-refractivity contribution in [1.82, 2.24) is 0 Å². The summed E-state index contributed by atoms with van der Waals surface area (Å²) >= 11 is 0. The van der Waals surface area contributed by atoms with Gasteiger partial charge in [-0.15, -0.1) is 0 Å². The van der Waals surface area contributed by atoms with Crippen molar-refractivity contribution in [2.75, 3.05) is 13.7 Å². The minimum Gasteiger partial charge on any atom is -0.450 e. The zero-order valence-corrected chi connectivity index (χ0v) is 15.3. The van der Waals surface area contributed by atoms with E-state index in [4.69, 9.17) is 23.7 Å². The fraction of sp³-hybridized carbons (Fsp3) is 0.381. The second-order valence-electron chi connectivity index (χ2n) is 6.68. The summed E-state index contributed by atoms with van der Waals surface area (Å²) in [5, 5.41) is 10.9. The van der Waals surface area contributed by atoms with Gasteiger partial charge in [0.2, 0.25) is 0 Å². The zero-order chi connectivity index (χ0) is 19.5. The van der Waals surface area contributed by atoms with Crippen LogP contribution in [0.1, 0.15) is 22.2 Å². The van der Waals surface area contributed by atoms with Gasteiger partial charge in [0.25, 0.3) is 0 Å². The van der Waals surface area contributed by atoms with Gasteiger partial charge in [-0.1, -0.05) is 48.5 Å². The molecular formula is C21H22O7. The minimum absolute atomic E-state index is 0.223. The van der Waals surface area contributed by atoms with E-state index in [2.05, 4.69) is 0 Å². The van der Waals surface area contributed by atoms with Gasteiger partial charge in [0.05, 0.1) is 12.2 Å². The molecule has 148 valence electrons. The van der Waals surface area contributed by atoms with Crippen LogP contribution in [0.5, 0.6) is 0 Å². The first-order valence-corrected chi connectivity index (χ1v) is 9.11. The van der Waals surface area contributed by atoms with Crippen molar-refractivity contribution in [3.8, 4) is 0 Å². The normalized spacial score (nSPS) is 32.4. The van der Waals surface area contributed by atoms with E-state index < -0.39 is 43.0 Å². The van der Waals surface area contributed by atoms with Gasteiger partial charge in [-0.25, -0.2) is 4.79 Å². The number of fused-ring (bicyclic) bond motifs is 1. The van der Waals surface area contributed by atoms with Crippen LogP contribution in [0.2, 0.25) is 0 Å². The van der Waals surface area contributed by atoms with Gasteiger partial charge in [0.1, 0.15) is 18.3 Å². The summed E-state index contributed by atoms with van der Waals surface area (Å²) in [6, 6.07) is 18.0. The summed E-state index contributed by atoms with van der Waals surface area (Å²) in [6.45, 7) is 0.223. The van der Waals surface area contributed by atoms with Crippen LogP contribution >= 0.6 is 0 Å². The van der Waals surface area contributed by atoms with Crippen molar-refractivity contribution in [1.29, 1.82) is 0 Å². The second-order valence-corrected chi connectivity index (χ2v) is 6.68. The Morgan fingerprint density at radius 2 is 1.71 bits per heavy atom. The van der Waals surface area contributed by atoms with Crippen molar-refractivity contribution in [2.24, 2.45) is 0 Å². The van der Waals surface area contributed by atoms with E-state index >= 15 is 0 Å². The molecule has 7 nitrogen and oxygen atoms in total. The molecule has 2 aliphatic rings. The molecule has 6 atom stereocenters. The largest absolute Gasteiger partial charge is 0.450 e. The number of aliphatic hydroxyl groups excluding tert-OH is 1. The average molecular weight is 386 g/mol. The standard InChI is InChI=1S/C21H22O7/c1-24-21-18(27-19(23)13-8-4-2-5-9-13)16(22)17-15(26-21)12-25-20(28-17)14-10-6-3-7-11-14/h2-11,15-18,20-22H,12H2,1H3/t15-,16-,17-,18-,20?,21+/m1/s1. The summed E-state index contributed by atoms with van der Waals surface area (Å²) in [5.74, 6) is -0.569. The van der Waals surface area contributed by atoms with E-state index in [1.807, 2.05) is 30.3 Å². The molecule has 2 aliphatic heterocycles. The highest BCUT2D eigenvalue weighted by Gasteiger charge is 2.51. The van der Waals surface area contributed by atoms with E-state index in [1.165, 1.54) is 7.11 Å².